The minimum Gasteiger partial charge on any atom is -0.369 e. The van der Waals surface area contributed by atoms with Crippen molar-refractivity contribution in [1.29, 1.82) is 0 Å². The van der Waals surface area contributed by atoms with Crippen LogP contribution in [0.3, 0.4) is 0 Å². The van der Waals surface area contributed by atoms with Crippen molar-refractivity contribution in [2.24, 2.45) is 14.1 Å². The predicted molar refractivity (Wildman–Crippen MR) is 89.2 cm³/mol. The van der Waals surface area contributed by atoms with Gasteiger partial charge in [-0.15, -0.1) is 0 Å². The SMILES string of the molecule is Cn1cc(CCNc2ncnc3c2cnn3C)c2cccnc21. The number of hydrogen-bond acceptors (Lipinski definition) is 5. The summed E-state index contributed by atoms with van der Waals surface area (Å²) in [7, 11) is 3.90. The summed E-state index contributed by atoms with van der Waals surface area (Å²) in [6.07, 6.45) is 8.21. The minimum atomic E-state index is 0.787. The summed E-state index contributed by atoms with van der Waals surface area (Å²) in [5.41, 5.74) is 3.12. The largest absolute Gasteiger partial charge is 0.369 e. The molecule has 0 saturated carbocycles. The van der Waals surface area contributed by atoms with E-state index in [9.17, 15) is 0 Å². The van der Waals surface area contributed by atoms with Crippen LogP contribution in [-0.4, -0.2) is 35.8 Å². The van der Waals surface area contributed by atoms with Crippen molar-refractivity contribution in [2.75, 3.05) is 11.9 Å². The summed E-state index contributed by atoms with van der Waals surface area (Å²) < 4.78 is 3.81. The normalized spacial score (nSPS) is 11.4. The topological polar surface area (TPSA) is 73.5 Å². The van der Waals surface area contributed by atoms with Crippen LogP contribution in [0.15, 0.2) is 37.1 Å². The monoisotopic (exact) mass is 307 g/mol. The lowest BCUT2D eigenvalue weighted by molar-refractivity contribution is 0.785. The Balaban J connectivity index is 1.55. The molecule has 0 aromatic carbocycles. The van der Waals surface area contributed by atoms with Gasteiger partial charge < -0.3 is 9.88 Å². The number of anilines is 1. The highest BCUT2D eigenvalue weighted by Gasteiger charge is 2.09. The number of rotatable bonds is 4. The van der Waals surface area contributed by atoms with Crippen LogP contribution in [0.4, 0.5) is 5.82 Å². The maximum Gasteiger partial charge on any atom is 0.163 e. The molecule has 23 heavy (non-hydrogen) atoms. The Morgan fingerprint density at radius 1 is 1.09 bits per heavy atom. The van der Waals surface area contributed by atoms with Crippen molar-refractivity contribution >= 4 is 27.9 Å². The molecule has 0 atom stereocenters. The van der Waals surface area contributed by atoms with Crippen LogP contribution in [0.2, 0.25) is 0 Å². The number of pyridine rings is 1. The van der Waals surface area contributed by atoms with Gasteiger partial charge in [0.2, 0.25) is 0 Å². The first-order valence-electron chi connectivity index (χ1n) is 7.49. The standard InChI is InChI=1S/C16H17N7/c1-22-9-11(12-4-3-6-18-15(12)22)5-7-17-14-13-8-21-23(2)16(13)20-10-19-14/h3-4,6,8-10H,5,7H2,1-2H3,(H,17,19,20). The van der Waals surface area contributed by atoms with Crippen molar-refractivity contribution in [3.05, 3.63) is 42.6 Å². The maximum atomic E-state index is 4.42. The fourth-order valence-corrected chi connectivity index (χ4v) is 2.91. The van der Waals surface area contributed by atoms with Gasteiger partial charge in [-0.3, -0.25) is 4.68 Å². The number of aromatic nitrogens is 6. The van der Waals surface area contributed by atoms with E-state index in [1.807, 2.05) is 26.4 Å². The van der Waals surface area contributed by atoms with Gasteiger partial charge in [-0.1, -0.05) is 0 Å². The van der Waals surface area contributed by atoms with Gasteiger partial charge >= 0.3 is 0 Å². The molecular weight excluding hydrogens is 290 g/mol. The molecule has 4 aromatic heterocycles. The van der Waals surface area contributed by atoms with Gasteiger partial charge in [0.15, 0.2) is 5.65 Å². The second-order valence-electron chi connectivity index (χ2n) is 5.54. The Morgan fingerprint density at radius 3 is 2.91 bits per heavy atom. The second kappa shape index (κ2) is 5.35. The van der Waals surface area contributed by atoms with Crippen molar-refractivity contribution < 1.29 is 0 Å². The molecule has 0 fully saturated rings. The molecule has 0 bridgehead atoms. The third kappa shape index (κ3) is 2.30. The van der Waals surface area contributed by atoms with Crippen LogP contribution < -0.4 is 5.32 Å². The van der Waals surface area contributed by atoms with E-state index in [1.165, 1.54) is 10.9 Å². The third-order valence-corrected chi connectivity index (χ3v) is 4.03. The Morgan fingerprint density at radius 2 is 2.00 bits per heavy atom. The summed E-state index contributed by atoms with van der Waals surface area (Å²) in [4.78, 5) is 13.0. The van der Waals surface area contributed by atoms with Crippen molar-refractivity contribution in [3.63, 3.8) is 0 Å². The van der Waals surface area contributed by atoms with Crippen molar-refractivity contribution in [2.45, 2.75) is 6.42 Å². The Bertz CT molecular complexity index is 983. The first kappa shape index (κ1) is 13.7. The molecule has 7 nitrogen and oxygen atoms in total. The molecular formula is C16H17N7. The molecule has 0 unspecified atom stereocenters. The molecule has 1 N–H and O–H groups in total. The van der Waals surface area contributed by atoms with E-state index in [1.54, 1.807) is 17.2 Å². The van der Waals surface area contributed by atoms with E-state index in [0.29, 0.717) is 0 Å². The van der Waals surface area contributed by atoms with Crippen LogP contribution in [0.25, 0.3) is 22.1 Å². The van der Waals surface area contributed by atoms with E-state index in [2.05, 4.69) is 42.2 Å². The third-order valence-electron chi connectivity index (χ3n) is 4.03. The van der Waals surface area contributed by atoms with Crippen LogP contribution in [0, 0.1) is 0 Å². The molecule has 4 aromatic rings. The zero-order valence-corrected chi connectivity index (χ0v) is 13.1. The summed E-state index contributed by atoms with van der Waals surface area (Å²) >= 11 is 0. The van der Waals surface area contributed by atoms with Crippen LogP contribution in [-0.2, 0) is 20.5 Å². The molecule has 0 spiro atoms. The van der Waals surface area contributed by atoms with E-state index < -0.39 is 0 Å². The fourth-order valence-electron chi connectivity index (χ4n) is 2.91. The molecule has 4 rings (SSSR count). The average Bonchev–Trinajstić information content (AvgIpc) is 3.10. The molecule has 0 aliphatic carbocycles. The molecule has 7 heteroatoms. The highest BCUT2D eigenvalue weighted by Crippen LogP contribution is 2.20. The lowest BCUT2D eigenvalue weighted by Gasteiger charge is -2.05. The van der Waals surface area contributed by atoms with Gasteiger partial charge in [0, 0.05) is 38.4 Å². The first-order valence-corrected chi connectivity index (χ1v) is 7.49. The first-order chi connectivity index (χ1) is 11.2. The van der Waals surface area contributed by atoms with Gasteiger partial charge in [-0.25, -0.2) is 15.0 Å². The van der Waals surface area contributed by atoms with Gasteiger partial charge in [-0.2, -0.15) is 5.10 Å². The lowest BCUT2D eigenvalue weighted by atomic mass is 10.1. The summed E-state index contributed by atoms with van der Waals surface area (Å²) in [6.45, 7) is 0.787. The van der Waals surface area contributed by atoms with E-state index in [4.69, 9.17) is 0 Å². The molecule has 116 valence electrons. The zero-order valence-electron chi connectivity index (χ0n) is 13.1. The van der Waals surface area contributed by atoms with Crippen LogP contribution >= 0.6 is 0 Å². The smallest absolute Gasteiger partial charge is 0.163 e. The number of hydrogen-bond donors (Lipinski definition) is 1. The average molecular weight is 307 g/mol. The minimum absolute atomic E-state index is 0.787. The molecule has 0 aliphatic rings. The highest BCUT2D eigenvalue weighted by molar-refractivity contribution is 5.86. The fraction of sp³-hybridized carbons (Fsp3) is 0.250. The summed E-state index contributed by atoms with van der Waals surface area (Å²) in [6, 6.07) is 4.09. The number of nitrogens with zero attached hydrogens (tertiary/aromatic N) is 6. The van der Waals surface area contributed by atoms with Crippen molar-refractivity contribution in [3.8, 4) is 0 Å². The molecule has 0 amide bonds. The Labute approximate surface area is 133 Å². The predicted octanol–water partition coefficient (Wildman–Crippen LogP) is 1.90. The zero-order chi connectivity index (χ0) is 15.8. The quantitative estimate of drug-likeness (QED) is 0.623. The molecule has 0 saturated heterocycles. The van der Waals surface area contributed by atoms with Crippen LogP contribution in [0.5, 0.6) is 0 Å². The maximum absolute atomic E-state index is 4.42. The Hall–Kier alpha value is -2.96. The van der Waals surface area contributed by atoms with E-state index >= 15 is 0 Å². The molecule has 0 radical (unpaired) electrons. The van der Waals surface area contributed by atoms with Gasteiger partial charge in [0.05, 0.1) is 11.6 Å². The number of fused-ring (bicyclic) bond motifs is 2. The van der Waals surface area contributed by atoms with Gasteiger partial charge in [0.25, 0.3) is 0 Å². The highest BCUT2D eigenvalue weighted by atomic mass is 15.3. The molecule has 0 aliphatic heterocycles. The number of nitrogens with one attached hydrogen (secondary N) is 1. The number of aryl methyl sites for hydroxylation is 2. The van der Waals surface area contributed by atoms with Gasteiger partial charge in [0.1, 0.15) is 17.8 Å². The van der Waals surface area contributed by atoms with E-state index in [0.717, 1.165) is 35.5 Å². The van der Waals surface area contributed by atoms with Crippen LogP contribution in [0.1, 0.15) is 5.56 Å². The van der Waals surface area contributed by atoms with Gasteiger partial charge in [-0.05, 0) is 24.1 Å². The lowest BCUT2D eigenvalue weighted by Crippen LogP contribution is -2.07. The molecule has 4 heterocycles. The Kier molecular flexibility index (Phi) is 3.18. The summed E-state index contributed by atoms with van der Waals surface area (Å²) in [5, 5.41) is 9.76. The second-order valence-corrected chi connectivity index (χ2v) is 5.54. The van der Waals surface area contributed by atoms with E-state index in [-0.39, 0.29) is 0 Å². The van der Waals surface area contributed by atoms with Crippen molar-refractivity contribution in [1.82, 2.24) is 29.3 Å². The summed E-state index contributed by atoms with van der Waals surface area (Å²) in [5.74, 6) is 0.821.